The number of carbonyl (C=O) groups is 2. The van der Waals surface area contributed by atoms with E-state index in [4.69, 9.17) is 16.9 Å². The molecular formula is C14H15ClN4O2S. The maximum absolute atomic E-state index is 11.9. The molecule has 1 rings (SSSR count). The monoisotopic (exact) mass is 338 g/mol. The first-order valence-electron chi connectivity index (χ1n) is 6.31. The van der Waals surface area contributed by atoms with E-state index in [1.165, 1.54) is 6.07 Å². The van der Waals surface area contributed by atoms with Gasteiger partial charge in [0.05, 0.1) is 0 Å². The second-order valence-electron chi connectivity index (χ2n) is 4.18. The Bertz CT molecular complexity index is 640. The Labute approximate surface area is 138 Å². The van der Waals surface area contributed by atoms with Gasteiger partial charge in [-0.3, -0.25) is 10.1 Å². The molecule has 3 N–H and O–H groups in total. The highest BCUT2D eigenvalue weighted by molar-refractivity contribution is 7.80. The third-order valence-electron chi connectivity index (χ3n) is 2.53. The zero-order valence-corrected chi connectivity index (χ0v) is 13.5. The first-order chi connectivity index (χ1) is 10.5. The summed E-state index contributed by atoms with van der Waals surface area (Å²) in [7, 11) is 0. The fraction of sp³-hybridized carbons (Fsp3) is 0.214. The molecule has 0 atom stereocenters. The molecule has 1 aromatic rings. The maximum Gasteiger partial charge on any atom is 0.326 e. The smallest absolute Gasteiger partial charge is 0.326 e. The molecule has 0 aliphatic heterocycles. The largest absolute Gasteiger partial charge is 0.387 e. The number of imide groups is 1. The highest BCUT2D eigenvalue weighted by Gasteiger charge is 2.15. The number of amides is 3. The van der Waals surface area contributed by atoms with Crippen molar-refractivity contribution in [2.75, 3.05) is 17.6 Å². The molecule has 0 fully saturated rings. The Morgan fingerprint density at radius 2 is 2.14 bits per heavy atom. The van der Waals surface area contributed by atoms with E-state index in [1.807, 2.05) is 0 Å². The van der Waals surface area contributed by atoms with E-state index in [-0.39, 0.29) is 5.57 Å². The van der Waals surface area contributed by atoms with Crippen molar-refractivity contribution in [3.8, 4) is 6.07 Å². The zero-order valence-electron chi connectivity index (χ0n) is 11.8. The van der Waals surface area contributed by atoms with Crippen LogP contribution in [0.15, 0.2) is 35.5 Å². The van der Waals surface area contributed by atoms with Gasteiger partial charge in [0.15, 0.2) is 0 Å². The van der Waals surface area contributed by atoms with Crippen molar-refractivity contribution in [3.05, 3.63) is 40.6 Å². The Morgan fingerprint density at radius 3 is 2.73 bits per heavy atom. The van der Waals surface area contributed by atoms with Gasteiger partial charge in [-0.05, 0) is 25.1 Å². The van der Waals surface area contributed by atoms with E-state index in [1.54, 1.807) is 31.2 Å². The van der Waals surface area contributed by atoms with Crippen LogP contribution in [0.2, 0.25) is 5.02 Å². The van der Waals surface area contributed by atoms with E-state index in [9.17, 15) is 9.59 Å². The van der Waals surface area contributed by atoms with E-state index < -0.39 is 11.9 Å². The number of nitrogens with one attached hydrogen (secondary N) is 3. The predicted octanol–water partition coefficient (Wildman–Crippen LogP) is 2.31. The SMILES string of the molecule is C/C(NCCS)=C(\C#N)C(=O)NC(=O)Nc1cccc(Cl)c1. The minimum Gasteiger partial charge on any atom is -0.387 e. The number of hydrogen-bond donors (Lipinski definition) is 4. The molecule has 0 bridgehead atoms. The molecule has 1 aromatic carbocycles. The van der Waals surface area contributed by atoms with Crippen LogP contribution in [0.5, 0.6) is 0 Å². The predicted molar refractivity (Wildman–Crippen MR) is 88.8 cm³/mol. The number of nitrogens with zero attached hydrogens (tertiary/aromatic N) is 1. The second kappa shape index (κ2) is 8.97. The van der Waals surface area contributed by atoms with Crippen molar-refractivity contribution >= 4 is 41.9 Å². The summed E-state index contributed by atoms with van der Waals surface area (Å²) in [6.45, 7) is 2.08. The van der Waals surface area contributed by atoms with Crippen LogP contribution in [0.25, 0.3) is 0 Å². The molecule has 0 aromatic heterocycles. The molecule has 0 saturated heterocycles. The fourth-order valence-corrected chi connectivity index (χ4v) is 1.83. The minimum atomic E-state index is -0.786. The van der Waals surface area contributed by atoms with Crippen molar-refractivity contribution in [2.24, 2.45) is 0 Å². The molecule has 3 amide bonds. The van der Waals surface area contributed by atoms with Crippen molar-refractivity contribution < 1.29 is 9.59 Å². The number of anilines is 1. The first-order valence-corrected chi connectivity index (χ1v) is 7.32. The Kier molecular flexibility index (Phi) is 7.29. The number of rotatable bonds is 5. The van der Waals surface area contributed by atoms with Gasteiger partial charge in [0.1, 0.15) is 11.6 Å². The van der Waals surface area contributed by atoms with Crippen molar-refractivity contribution in [3.63, 3.8) is 0 Å². The Morgan fingerprint density at radius 1 is 1.41 bits per heavy atom. The topological polar surface area (TPSA) is 94.0 Å². The van der Waals surface area contributed by atoms with Crippen LogP contribution in [0, 0.1) is 11.3 Å². The van der Waals surface area contributed by atoms with Crippen LogP contribution in [0.4, 0.5) is 10.5 Å². The van der Waals surface area contributed by atoms with Crippen LogP contribution >= 0.6 is 24.2 Å². The lowest BCUT2D eigenvalue weighted by Crippen LogP contribution is -2.36. The number of allylic oxidation sites excluding steroid dienone is 1. The Hall–Kier alpha value is -2.17. The van der Waals surface area contributed by atoms with E-state index in [0.717, 1.165) is 0 Å². The third kappa shape index (κ3) is 5.68. The molecular weight excluding hydrogens is 324 g/mol. The molecule has 0 saturated carbocycles. The van der Waals surface area contributed by atoms with Crippen LogP contribution in [0.1, 0.15) is 6.92 Å². The molecule has 8 heteroatoms. The molecule has 0 aliphatic carbocycles. The van der Waals surface area contributed by atoms with Gasteiger partial charge in [0.2, 0.25) is 0 Å². The quantitative estimate of drug-likeness (QED) is 0.376. The summed E-state index contributed by atoms with van der Waals surface area (Å²) < 4.78 is 0. The number of nitriles is 1. The van der Waals surface area contributed by atoms with E-state index in [0.29, 0.717) is 28.7 Å². The van der Waals surface area contributed by atoms with Gasteiger partial charge in [-0.25, -0.2) is 4.79 Å². The molecule has 0 radical (unpaired) electrons. The van der Waals surface area contributed by atoms with Crippen molar-refractivity contribution in [2.45, 2.75) is 6.92 Å². The summed E-state index contributed by atoms with van der Waals surface area (Å²) in [5, 5.41) is 16.9. The molecule has 6 nitrogen and oxygen atoms in total. The zero-order chi connectivity index (χ0) is 16.5. The summed E-state index contributed by atoms with van der Waals surface area (Å²) in [4.78, 5) is 23.6. The van der Waals surface area contributed by atoms with Gasteiger partial charge < -0.3 is 10.6 Å². The third-order valence-corrected chi connectivity index (χ3v) is 2.98. The van der Waals surface area contributed by atoms with E-state index in [2.05, 4.69) is 28.6 Å². The molecule has 116 valence electrons. The van der Waals surface area contributed by atoms with Gasteiger partial charge in [-0.1, -0.05) is 17.7 Å². The van der Waals surface area contributed by atoms with Gasteiger partial charge in [0, 0.05) is 28.7 Å². The summed E-state index contributed by atoms with van der Waals surface area (Å²) in [6, 6.07) is 7.49. The normalized spacial score (nSPS) is 11.0. The fourth-order valence-electron chi connectivity index (χ4n) is 1.53. The number of thiol groups is 1. The van der Waals surface area contributed by atoms with Gasteiger partial charge in [0.25, 0.3) is 5.91 Å². The molecule has 0 spiro atoms. The number of hydrogen-bond acceptors (Lipinski definition) is 5. The van der Waals surface area contributed by atoms with Crippen LogP contribution < -0.4 is 16.0 Å². The number of halogens is 1. The maximum atomic E-state index is 11.9. The Balaban J connectivity index is 2.70. The van der Waals surface area contributed by atoms with Crippen molar-refractivity contribution in [1.82, 2.24) is 10.6 Å². The summed E-state index contributed by atoms with van der Waals surface area (Å²) in [5.74, 6) is -0.237. The summed E-state index contributed by atoms with van der Waals surface area (Å²) >= 11 is 9.81. The average molecular weight is 339 g/mol. The first kappa shape index (κ1) is 17.9. The average Bonchev–Trinajstić information content (AvgIpc) is 2.45. The second-order valence-corrected chi connectivity index (χ2v) is 5.06. The standard InChI is InChI=1S/C14H15ClN4O2S/c1-9(17-5-6-22)12(8-16)13(20)19-14(21)18-11-4-2-3-10(15)7-11/h2-4,7,17,22H,5-6H2,1H3,(H2,18,19,20,21)/b12-9-. The molecule has 0 unspecified atom stereocenters. The lowest BCUT2D eigenvalue weighted by atomic mass is 10.2. The van der Waals surface area contributed by atoms with Crippen LogP contribution in [-0.4, -0.2) is 24.2 Å². The highest BCUT2D eigenvalue weighted by atomic mass is 35.5. The molecule has 0 heterocycles. The molecule has 22 heavy (non-hydrogen) atoms. The molecule has 0 aliphatic rings. The minimum absolute atomic E-state index is 0.164. The van der Waals surface area contributed by atoms with Gasteiger partial charge in [-0.15, -0.1) is 0 Å². The number of urea groups is 1. The number of benzene rings is 1. The lowest BCUT2D eigenvalue weighted by molar-refractivity contribution is -0.116. The summed E-state index contributed by atoms with van der Waals surface area (Å²) in [5.41, 5.74) is 0.651. The highest BCUT2D eigenvalue weighted by Crippen LogP contribution is 2.14. The van der Waals surface area contributed by atoms with Gasteiger partial charge in [-0.2, -0.15) is 17.9 Å². The van der Waals surface area contributed by atoms with Crippen LogP contribution in [0.3, 0.4) is 0 Å². The van der Waals surface area contributed by atoms with Crippen LogP contribution in [-0.2, 0) is 4.79 Å². The van der Waals surface area contributed by atoms with Crippen molar-refractivity contribution in [1.29, 1.82) is 5.26 Å². The number of carbonyl (C=O) groups excluding carboxylic acids is 2. The van der Waals surface area contributed by atoms with E-state index >= 15 is 0 Å². The van der Waals surface area contributed by atoms with Gasteiger partial charge >= 0.3 is 6.03 Å². The summed E-state index contributed by atoms with van der Waals surface area (Å²) in [6.07, 6.45) is 0. The lowest BCUT2D eigenvalue weighted by Gasteiger charge is -2.09.